The first-order chi connectivity index (χ1) is 8.88. The van der Waals surface area contributed by atoms with E-state index in [1.807, 2.05) is 48.6 Å². The van der Waals surface area contributed by atoms with Crippen LogP contribution in [0, 0.1) is 0 Å². The van der Waals surface area contributed by atoms with Crippen LogP contribution in [0.1, 0.15) is 11.1 Å². The van der Waals surface area contributed by atoms with Crippen molar-refractivity contribution in [2.75, 3.05) is 7.11 Å². The van der Waals surface area contributed by atoms with Crippen LogP contribution in [-0.2, 0) is 0 Å². The number of rotatable bonds is 4. The van der Waals surface area contributed by atoms with Gasteiger partial charge in [-0.05, 0) is 23.3 Å². The summed E-state index contributed by atoms with van der Waals surface area (Å²) in [5.41, 5.74) is 2.33. The van der Waals surface area contributed by atoms with Crippen molar-refractivity contribution in [3.05, 3.63) is 77.9 Å². The van der Waals surface area contributed by atoms with E-state index in [0.717, 1.165) is 11.3 Å². The Morgan fingerprint density at radius 2 is 1.44 bits per heavy atom. The van der Waals surface area contributed by atoms with Crippen LogP contribution in [0.2, 0.25) is 0 Å². The second-order valence-electron chi connectivity index (χ2n) is 3.91. The van der Waals surface area contributed by atoms with Gasteiger partial charge in [-0.15, -0.1) is 0 Å². The van der Waals surface area contributed by atoms with E-state index < -0.39 is 0 Å². The number of methoxy groups -OCH3 is 1. The molecule has 1 heteroatoms. The lowest BCUT2D eigenvalue weighted by Gasteiger charge is -1.99. The van der Waals surface area contributed by atoms with Crippen molar-refractivity contribution in [2.24, 2.45) is 0 Å². The number of hydrogen-bond acceptors (Lipinski definition) is 1. The predicted molar refractivity (Wildman–Crippen MR) is 77.5 cm³/mol. The fourth-order valence-corrected chi connectivity index (χ4v) is 1.64. The van der Waals surface area contributed by atoms with Gasteiger partial charge in [-0.3, -0.25) is 0 Å². The van der Waals surface area contributed by atoms with Gasteiger partial charge in [-0.25, -0.2) is 0 Å². The van der Waals surface area contributed by atoms with Gasteiger partial charge in [-0.2, -0.15) is 0 Å². The zero-order valence-corrected chi connectivity index (χ0v) is 10.4. The molecule has 0 N–H and O–H groups in total. The molecule has 0 aliphatic heterocycles. The Kier molecular flexibility index (Phi) is 4.37. The van der Waals surface area contributed by atoms with Crippen molar-refractivity contribution in [1.82, 2.24) is 0 Å². The zero-order chi connectivity index (χ0) is 12.6. The molecule has 0 unspecified atom stereocenters. The fourth-order valence-electron chi connectivity index (χ4n) is 1.64. The monoisotopic (exact) mass is 236 g/mol. The first-order valence-corrected chi connectivity index (χ1v) is 5.92. The molecule has 0 fully saturated rings. The summed E-state index contributed by atoms with van der Waals surface area (Å²) in [6, 6.07) is 18.2. The van der Waals surface area contributed by atoms with Crippen LogP contribution in [0.5, 0.6) is 5.75 Å². The molecule has 0 heterocycles. The highest BCUT2D eigenvalue weighted by atomic mass is 16.5. The van der Waals surface area contributed by atoms with E-state index in [1.54, 1.807) is 7.11 Å². The summed E-state index contributed by atoms with van der Waals surface area (Å²) in [7, 11) is 1.68. The second-order valence-corrected chi connectivity index (χ2v) is 3.91. The number of allylic oxidation sites excluding steroid dienone is 2. The molecular formula is C17H16O. The van der Waals surface area contributed by atoms with Crippen molar-refractivity contribution in [2.45, 2.75) is 0 Å². The maximum atomic E-state index is 5.18. The minimum Gasteiger partial charge on any atom is -0.497 e. The molecule has 0 atom stereocenters. The third kappa shape index (κ3) is 3.63. The van der Waals surface area contributed by atoms with Crippen LogP contribution in [0.15, 0.2) is 66.7 Å². The Morgan fingerprint density at radius 3 is 2.17 bits per heavy atom. The fraction of sp³-hybridized carbons (Fsp3) is 0.0588. The molecule has 0 aliphatic carbocycles. The molecule has 2 aromatic carbocycles. The molecule has 0 bridgehead atoms. The molecule has 0 saturated heterocycles. The maximum Gasteiger partial charge on any atom is 0.119 e. The summed E-state index contributed by atoms with van der Waals surface area (Å²) < 4.78 is 5.18. The topological polar surface area (TPSA) is 9.23 Å². The molecule has 0 saturated carbocycles. The van der Waals surface area contributed by atoms with Crippen LogP contribution >= 0.6 is 0 Å². The molecule has 0 aromatic heterocycles. The molecule has 0 radical (unpaired) electrons. The number of ether oxygens (including phenoxy) is 1. The highest BCUT2D eigenvalue weighted by molar-refractivity contribution is 5.57. The van der Waals surface area contributed by atoms with Gasteiger partial charge in [-0.1, -0.05) is 66.8 Å². The van der Waals surface area contributed by atoms with Crippen LogP contribution in [-0.4, -0.2) is 7.11 Å². The van der Waals surface area contributed by atoms with Gasteiger partial charge < -0.3 is 4.74 Å². The highest BCUT2D eigenvalue weighted by Crippen LogP contribution is 2.13. The molecule has 0 amide bonds. The van der Waals surface area contributed by atoms with Crippen molar-refractivity contribution in [3.63, 3.8) is 0 Å². The largest absolute Gasteiger partial charge is 0.497 e. The summed E-state index contributed by atoms with van der Waals surface area (Å²) in [5, 5.41) is 0. The minimum atomic E-state index is 0.879. The van der Waals surface area contributed by atoms with E-state index in [9.17, 15) is 0 Å². The smallest absolute Gasteiger partial charge is 0.119 e. The van der Waals surface area contributed by atoms with Gasteiger partial charge in [0.05, 0.1) is 7.11 Å². The molecule has 2 aromatic rings. The van der Waals surface area contributed by atoms with Crippen molar-refractivity contribution in [3.8, 4) is 5.75 Å². The maximum absolute atomic E-state index is 5.18. The van der Waals surface area contributed by atoms with Crippen LogP contribution in [0.3, 0.4) is 0 Å². The first kappa shape index (κ1) is 12.2. The summed E-state index contributed by atoms with van der Waals surface area (Å²) in [4.78, 5) is 0. The van der Waals surface area contributed by atoms with Crippen LogP contribution in [0.4, 0.5) is 0 Å². The predicted octanol–water partition coefficient (Wildman–Crippen LogP) is 4.42. The van der Waals surface area contributed by atoms with Crippen LogP contribution < -0.4 is 4.74 Å². The Bertz CT molecular complexity index is 539. The summed E-state index contributed by atoms with van der Waals surface area (Å²) in [5.74, 6) is 0.879. The Labute approximate surface area is 108 Å². The molecule has 0 aliphatic rings. The molecule has 90 valence electrons. The van der Waals surface area contributed by atoms with Gasteiger partial charge in [0.2, 0.25) is 0 Å². The lowest BCUT2D eigenvalue weighted by molar-refractivity contribution is 0.414. The lowest BCUT2D eigenvalue weighted by atomic mass is 10.2. The molecule has 1 nitrogen and oxygen atoms in total. The van der Waals surface area contributed by atoms with E-state index in [2.05, 4.69) is 30.4 Å². The molecule has 18 heavy (non-hydrogen) atoms. The van der Waals surface area contributed by atoms with E-state index in [0.29, 0.717) is 0 Å². The zero-order valence-electron chi connectivity index (χ0n) is 10.4. The van der Waals surface area contributed by atoms with Crippen molar-refractivity contribution >= 4 is 12.2 Å². The van der Waals surface area contributed by atoms with Gasteiger partial charge in [0.25, 0.3) is 0 Å². The van der Waals surface area contributed by atoms with E-state index in [4.69, 9.17) is 4.74 Å². The summed E-state index contributed by atoms with van der Waals surface area (Å²) in [6.07, 6.45) is 8.20. The summed E-state index contributed by atoms with van der Waals surface area (Å²) in [6.45, 7) is 0. The van der Waals surface area contributed by atoms with E-state index in [-0.39, 0.29) is 0 Å². The number of hydrogen-bond donors (Lipinski definition) is 0. The third-order valence-corrected chi connectivity index (χ3v) is 2.58. The van der Waals surface area contributed by atoms with E-state index >= 15 is 0 Å². The minimum absolute atomic E-state index is 0.879. The van der Waals surface area contributed by atoms with Gasteiger partial charge in [0.1, 0.15) is 5.75 Å². The average Bonchev–Trinajstić information content (AvgIpc) is 2.45. The highest BCUT2D eigenvalue weighted by Gasteiger charge is 1.90. The number of benzene rings is 2. The molecule has 2 rings (SSSR count). The van der Waals surface area contributed by atoms with E-state index in [1.165, 1.54) is 5.56 Å². The molecular weight excluding hydrogens is 220 g/mol. The Morgan fingerprint density at radius 1 is 0.778 bits per heavy atom. The standard InChI is InChI=1S/C17H16O/c1-18-17-13-7-12-16(14-17)11-6-5-10-15-8-3-2-4-9-15/h2-14H,1H3/b10-5+,11-6+. The average molecular weight is 236 g/mol. The Hall–Kier alpha value is -2.28. The summed E-state index contributed by atoms with van der Waals surface area (Å²) >= 11 is 0. The second kappa shape index (κ2) is 6.45. The first-order valence-electron chi connectivity index (χ1n) is 5.92. The van der Waals surface area contributed by atoms with Gasteiger partial charge >= 0.3 is 0 Å². The SMILES string of the molecule is COc1cccc(/C=C/C=C/c2ccccc2)c1. The van der Waals surface area contributed by atoms with Crippen molar-refractivity contribution in [1.29, 1.82) is 0 Å². The van der Waals surface area contributed by atoms with Crippen LogP contribution in [0.25, 0.3) is 12.2 Å². The Balaban J connectivity index is 2.01. The third-order valence-electron chi connectivity index (χ3n) is 2.58. The molecule has 0 spiro atoms. The van der Waals surface area contributed by atoms with Gasteiger partial charge in [0.15, 0.2) is 0 Å². The normalized spacial score (nSPS) is 11.2. The van der Waals surface area contributed by atoms with Crippen molar-refractivity contribution < 1.29 is 4.74 Å². The quantitative estimate of drug-likeness (QED) is 0.714. The lowest BCUT2D eigenvalue weighted by Crippen LogP contribution is -1.81. The van der Waals surface area contributed by atoms with Gasteiger partial charge in [0, 0.05) is 0 Å².